The predicted molar refractivity (Wildman–Crippen MR) is 126 cm³/mol. The minimum absolute atomic E-state index is 0.00452. The third-order valence-corrected chi connectivity index (χ3v) is 7.38. The fraction of sp³-hybridized carbons (Fsp3) is 0.370. The van der Waals surface area contributed by atoms with Crippen LogP contribution in [0.5, 0.6) is 0 Å². The molecule has 176 valence electrons. The van der Waals surface area contributed by atoms with Crippen molar-refractivity contribution in [3.05, 3.63) is 72.3 Å². The molecule has 2 aliphatic carbocycles. The summed E-state index contributed by atoms with van der Waals surface area (Å²) in [5.74, 6) is -1.01. The number of hydrogen-bond donors (Lipinski definition) is 2. The first-order valence-electron chi connectivity index (χ1n) is 11.7. The van der Waals surface area contributed by atoms with Gasteiger partial charge in [-0.1, -0.05) is 54.6 Å². The highest BCUT2D eigenvalue weighted by atomic mass is 16.5. The van der Waals surface area contributed by atoms with Gasteiger partial charge in [-0.3, -0.25) is 9.59 Å². The molecule has 3 aliphatic rings. The van der Waals surface area contributed by atoms with Crippen molar-refractivity contribution in [2.24, 2.45) is 17.3 Å². The molecule has 7 heteroatoms. The number of hydrogen-bond acceptors (Lipinski definition) is 4. The van der Waals surface area contributed by atoms with Crippen LogP contribution in [0, 0.1) is 17.3 Å². The number of likely N-dealkylation sites (tertiary alicyclic amines) is 1. The van der Waals surface area contributed by atoms with Gasteiger partial charge in [0.1, 0.15) is 12.0 Å². The Morgan fingerprint density at radius 2 is 1.71 bits per heavy atom. The van der Waals surface area contributed by atoms with Crippen LogP contribution in [-0.4, -0.2) is 54.2 Å². The molecule has 1 saturated heterocycles. The van der Waals surface area contributed by atoms with Gasteiger partial charge in [-0.2, -0.15) is 0 Å². The fourth-order valence-corrected chi connectivity index (χ4v) is 5.34. The maximum absolute atomic E-state index is 12.7. The number of benzene rings is 2. The Labute approximate surface area is 198 Å². The number of allylic oxidation sites excluding steroid dienone is 1. The number of carbonyl (C=O) groups excluding carboxylic acids is 2. The van der Waals surface area contributed by atoms with Gasteiger partial charge in [0.05, 0.1) is 0 Å². The standard InChI is InChI=1S/C27H28N2O5/c1-2-11-27(25(31)32)15-29(16-27)24(30)22-12-17(22)13-28-26(33)34-14-23-20-9-5-3-7-18(20)19-8-4-6-10-21(19)23/h2-10,17,22-23H,1,11-16H2,(H,28,33)(H,31,32)/t17-,22-/m0/s1. The minimum atomic E-state index is -0.901. The Kier molecular flexibility index (Phi) is 5.63. The molecule has 0 spiro atoms. The van der Waals surface area contributed by atoms with Crippen molar-refractivity contribution in [2.75, 3.05) is 26.2 Å². The van der Waals surface area contributed by atoms with E-state index in [2.05, 4.69) is 36.2 Å². The first-order valence-corrected chi connectivity index (χ1v) is 11.7. The number of carboxylic acids is 1. The molecular weight excluding hydrogens is 432 g/mol. The number of alkyl carbamates (subject to hydrolysis) is 1. The van der Waals surface area contributed by atoms with Crippen LogP contribution in [-0.2, 0) is 14.3 Å². The van der Waals surface area contributed by atoms with E-state index in [4.69, 9.17) is 4.74 Å². The van der Waals surface area contributed by atoms with Crippen molar-refractivity contribution in [1.29, 1.82) is 0 Å². The second-order valence-corrected chi connectivity index (χ2v) is 9.58. The topological polar surface area (TPSA) is 95.9 Å². The monoisotopic (exact) mass is 460 g/mol. The SMILES string of the molecule is C=CCC1(C(=O)O)CN(C(=O)[C@H]2C[C@H]2CNC(=O)OCC2c3ccccc3-c3ccccc32)C1. The highest BCUT2D eigenvalue weighted by Crippen LogP contribution is 2.45. The van der Waals surface area contributed by atoms with Gasteiger partial charge in [0.2, 0.25) is 5.91 Å². The number of ether oxygens (including phenoxy) is 1. The largest absolute Gasteiger partial charge is 0.481 e. The quantitative estimate of drug-likeness (QED) is 0.587. The molecule has 0 radical (unpaired) electrons. The zero-order valence-corrected chi connectivity index (χ0v) is 18.9. The van der Waals surface area contributed by atoms with Crippen molar-refractivity contribution in [1.82, 2.24) is 10.2 Å². The van der Waals surface area contributed by atoms with E-state index in [-0.39, 0.29) is 43.4 Å². The van der Waals surface area contributed by atoms with E-state index in [1.165, 1.54) is 11.1 Å². The van der Waals surface area contributed by atoms with E-state index in [9.17, 15) is 19.5 Å². The molecule has 2 amide bonds. The van der Waals surface area contributed by atoms with E-state index >= 15 is 0 Å². The van der Waals surface area contributed by atoms with Crippen LogP contribution < -0.4 is 5.32 Å². The summed E-state index contributed by atoms with van der Waals surface area (Å²) in [6.07, 6.45) is 2.15. The molecule has 0 bridgehead atoms. The van der Waals surface area contributed by atoms with Gasteiger partial charge in [0.25, 0.3) is 0 Å². The molecule has 5 rings (SSSR count). The van der Waals surface area contributed by atoms with Crippen molar-refractivity contribution >= 4 is 18.0 Å². The predicted octanol–water partition coefficient (Wildman–Crippen LogP) is 3.65. The zero-order valence-electron chi connectivity index (χ0n) is 18.9. The smallest absolute Gasteiger partial charge is 0.407 e. The van der Waals surface area contributed by atoms with Gasteiger partial charge in [0, 0.05) is 31.5 Å². The van der Waals surface area contributed by atoms with Gasteiger partial charge in [0.15, 0.2) is 0 Å². The highest BCUT2D eigenvalue weighted by molar-refractivity contribution is 5.86. The third-order valence-electron chi connectivity index (χ3n) is 7.38. The van der Waals surface area contributed by atoms with E-state index in [0.717, 1.165) is 11.1 Å². The molecule has 1 saturated carbocycles. The number of fused-ring (bicyclic) bond motifs is 3. The lowest BCUT2D eigenvalue weighted by atomic mass is 9.76. The second-order valence-electron chi connectivity index (χ2n) is 9.58. The Morgan fingerprint density at radius 1 is 1.09 bits per heavy atom. The number of nitrogens with one attached hydrogen (secondary N) is 1. The summed E-state index contributed by atoms with van der Waals surface area (Å²) in [6.45, 7) is 4.68. The molecule has 2 aromatic carbocycles. The minimum Gasteiger partial charge on any atom is -0.481 e. The fourth-order valence-electron chi connectivity index (χ4n) is 5.34. The summed E-state index contributed by atoms with van der Waals surface area (Å²) in [4.78, 5) is 38.2. The summed E-state index contributed by atoms with van der Waals surface area (Å²) in [5.41, 5.74) is 3.77. The van der Waals surface area contributed by atoms with Crippen LogP contribution in [0.15, 0.2) is 61.2 Å². The second kappa shape index (κ2) is 8.63. The Morgan fingerprint density at radius 3 is 2.29 bits per heavy atom. The molecule has 7 nitrogen and oxygen atoms in total. The maximum atomic E-state index is 12.7. The zero-order chi connectivity index (χ0) is 23.9. The average molecular weight is 461 g/mol. The van der Waals surface area contributed by atoms with Gasteiger partial charge < -0.3 is 20.1 Å². The molecule has 2 N–H and O–H groups in total. The van der Waals surface area contributed by atoms with Gasteiger partial charge in [-0.15, -0.1) is 6.58 Å². The molecule has 0 aromatic heterocycles. The summed E-state index contributed by atoms with van der Waals surface area (Å²) in [7, 11) is 0. The number of carbonyl (C=O) groups is 3. The highest BCUT2D eigenvalue weighted by Gasteiger charge is 2.54. The van der Waals surface area contributed by atoms with E-state index in [1.807, 2.05) is 24.3 Å². The Balaban J connectivity index is 1.09. The summed E-state index contributed by atoms with van der Waals surface area (Å²) in [6, 6.07) is 16.4. The van der Waals surface area contributed by atoms with Gasteiger partial charge in [-0.25, -0.2) is 4.79 Å². The maximum Gasteiger partial charge on any atom is 0.407 e. The number of nitrogens with zero attached hydrogens (tertiary/aromatic N) is 1. The van der Waals surface area contributed by atoms with Crippen LogP contribution >= 0.6 is 0 Å². The average Bonchev–Trinajstić information content (AvgIpc) is 3.53. The van der Waals surface area contributed by atoms with Crippen molar-refractivity contribution in [2.45, 2.75) is 18.8 Å². The van der Waals surface area contributed by atoms with Crippen LogP contribution in [0.2, 0.25) is 0 Å². The summed E-state index contributed by atoms with van der Waals surface area (Å²) in [5, 5.41) is 12.2. The summed E-state index contributed by atoms with van der Waals surface area (Å²) < 4.78 is 5.55. The lowest BCUT2D eigenvalue weighted by molar-refractivity contribution is -0.166. The van der Waals surface area contributed by atoms with Crippen LogP contribution in [0.3, 0.4) is 0 Å². The van der Waals surface area contributed by atoms with Crippen LogP contribution in [0.4, 0.5) is 4.79 Å². The van der Waals surface area contributed by atoms with Crippen LogP contribution in [0.25, 0.3) is 11.1 Å². The van der Waals surface area contributed by atoms with Gasteiger partial charge in [-0.05, 0) is 41.0 Å². The number of rotatable bonds is 8. The molecule has 34 heavy (non-hydrogen) atoms. The first kappa shape index (κ1) is 22.2. The van der Waals surface area contributed by atoms with E-state index < -0.39 is 17.5 Å². The number of aliphatic carboxylic acids is 1. The molecular formula is C27H28N2O5. The molecule has 2 fully saturated rings. The van der Waals surface area contributed by atoms with Crippen molar-refractivity contribution in [3.63, 3.8) is 0 Å². The normalized spacial score (nSPS) is 21.6. The van der Waals surface area contributed by atoms with Crippen molar-refractivity contribution < 1.29 is 24.2 Å². The number of amides is 2. The third kappa shape index (κ3) is 3.85. The van der Waals surface area contributed by atoms with E-state index in [0.29, 0.717) is 19.4 Å². The molecule has 1 aliphatic heterocycles. The number of carboxylic acid groups (broad SMARTS) is 1. The Hall–Kier alpha value is -3.61. The van der Waals surface area contributed by atoms with Crippen LogP contribution in [0.1, 0.15) is 29.9 Å². The summed E-state index contributed by atoms with van der Waals surface area (Å²) >= 11 is 0. The Bertz CT molecular complexity index is 1110. The van der Waals surface area contributed by atoms with Crippen molar-refractivity contribution in [3.8, 4) is 11.1 Å². The van der Waals surface area contributed by atoms with Gasteiger partial charge >= 0.3 is 12.1 Å². The molecule has 2 aromatic rings. The lowest BCUT2D eigenvalue weighted by Crippen LogP contribution is -2.62. The lowest BCUT2D eigenvalue weighted by Gasteiger charge is -2.47. The van der Waals surface area contributed by atoms with E-state index in [1.54, 1.807) is 11.0 Å². The molecule has 0 unspecified atom stereocenters. The molecule has 1 heterocycles. The molecule has 2 atom stereocenters. The first-order chi connectivity index (χ1) is 16.4.